The van der Waals surface area contributed by atoms with Crippen molar-refractivity contribution < 1.29 is 22.3 Å². The summed E-state index contributed by atoms with van der Waals surface area (Å²) in [6.45, 7) is 0. The predicted molar refractivity (Wildman–Crippen MR) is 53.9 cm³/mol. The van der Waals surface area contributed by atoms with Crippen LogP contribution >= 0.6 is 12.6 Å². The molecule has 1 aromatic carbocycles. The number of hydrogen-bond donors (Lipinski definition) is 2. The largest absolute Gasteiger partial charge is 0.573 e. The van der Waals surface area contributed by atoms with Crippen molar-refractivity contribution in [2.24, 2.45) is 5.73 Å². The summed E-state index contributed by atoms with van der Waals surface area (Å²) in [5.41, 5.74) is 5.90. The normalized spacial score (nSPS) is 13.6. The van der Waals surface area contributed by atoms with Gasteiger partial charge in [0.15, 0.2) is 11.6 Å². The van der Waals surface area contributed by atoms with Gasteiger partial charge in [-0.2, -0.15) is 12.6 Å². The van der Waals surface area contributed by atoms with E-state index in [0.29, 0.717) is 5.56 Å². The van der Waals surface area contributed by atoms with E-state index in [9.17, 15) is 17.6 Å². The van der Waals surface area contributed by atoms with Crippen LogP contribution in [0.3, 0.4) is 0 Å². The maximum atomic E-state index is 13.2. The van der Waals surface area contributed by atoms with E-state index in [1.165, 1.54) is 6.07 Å². The van der Waals surface area contributed by atoms with Crippen LogP contribution in [0.25, 0.3) is 0 Å². The Morgan fingerprint density at radius 1 is 1.38 bits per heavy atom. The Morgan fingerprint density at radius 3 is 2.44 bits per heavy atom. The fraction of sp³-hybridized carbons (Fsp3) is 0.333. The second kappa shape index (κ2) is 4.92. The Morgan fingerprint density at radius 2 is 2.00 bits per heavy atom. The van der Waals surface area contributed by atoms with Crippen molar-refractivity contribution >= 4 is 12.6 Å². The first-order valence-electron chi connectivity index (χ1n) is 4.25. The maximum absolute atomic E-state index is 13.2. The highest BCUT2D eigenvalue weighted by Crippen LogP contribution is 2.27. The summed E-state index contributed by atoms with van der Waals surface area (Å²) in [6, 6.07) is 2.53. The number of rotatable bonds is 3. The zero-order valence-electron chi connectivity index (χ0n) is 7.96. The quantitative estimate of drug-likeness (QED) is 0.643. The topological polar surface area (TPSA) is 35.2 Å². The molecule has 0 bridgehead atoms. The molecular formula is C9H9F4NOS. The van der Waals surface area contributed by atoms with E-state index in [-0.39, 0.29) is 5.75 Å². The van der Waals surface area contributed by atoms with E-state index in [0.717, 1.165) is 12.1 Å². The zero-order chi connectivity index (χ0) is 12.3. The Bertz CT molecular complexity index is 369. The Labute approximate surface area is 94.8 Å². The third kappa shape index (κ3) is 3.57. The third-order valence-electron chi connectivity index (χ3n) is 1.81. The standard InChI is InChI=1S/C9H9F4NOS/c10-6-3-5(7(14)4-16)1-2-8(6)15-9(11,12)13/h1-3,7,16H,4,14H2. The van der Waals surface area contributed by atoms with Crippen LogP contribution in [-0.4, -0.2) is 12.1 Å². The summed E-state index contributed by atoms with van der Waals surface area (Å²) in [6.07, 6.45) is -4.91. The van der Waals surface area contributed by atoms with Crippen LogP contribution in [0.2, 0.25) is 0 Å². The highest BCUT2D eigenvalue weighted by atomic mass is 32.1. The zero-order valence-corrected chi connectivity index (χ0v) is 8.86. The molecule has 0 aliphatic rings. The van der Waals surface area contributed by atoms with Crippen molar-refractivity contribution in [1.82, 2.24) is 0 Å². The van der Waals surface area contributed by atoms with E-state index in [2.05, 4.69) is 17.4 Å². The molecule has 1 atom stereocenters. The lowest BCUT2D eigenvalue weighted by molar-refractivity contribution is -0.275. The predicted octanol–water partition coefficient (Wildman–Crippen LogP) is 2.65. The minimum Gasteiger partial charge on any atom is -0.403 e. The molecule has 0 fully saturated rings. The van der Waals surface area contributed by atoms with Gasteiger partial charge in [-0.05, 0) is 17.7 Å². The molecule has 16 heavy (non-hydrogen) atoms. The van der Waals surface area contributed by atoms with Gasteiger partial charge in [-0.1, -0.05) is 6.07 Å². The first-order chi connectivity index (χ1) is 7.33. The molecule has 0 radical (unpaired) electrons. The first kappa shape index (κ1) is 13.1. The number of halogens is 4. The second-order valence-corrected chi connectivity index (χ2v) is 3.39. The minimum atomic E-state index is -4.91. The molecule has 0 spiro atoms. The smallest absolute Gasteiger partial charge is 0.403 e. The fourth-order valence-corrected chi connectivity index (χ4v) is 1.27. The molecule has 2 nitrogen and oxygen atoms in total. The molecule has 2 N–H and O–H groups in total. The average molecular weight is 255 g/mol. The molecule has 0 aliphatic carbocycles. The molecule has 0 saturated heterocycles. The van der Waals surface area contributed by atoms with E-state index in [4.69, 9.17) is 5.73 Å². The number of alkyl halides is 3. The molecule has 0 amide bonds. The van der Waals surface area contributed by atoms with Crippen LogP contribution in [0.1, 0.15) is 11.6 Å². The summed E-state index contributed by atoms with van der Waals surface area (Å²) >= 11 is 3.90. The van der Waals surface area contributed by atoms with Crippen LogP contribution < -0.4 is 10.5 Å². The van der Waals surface area contributed by atoms with Gasteiger partial charge in [0.1, 0.15) is 0 Å². The molecule has 0 aliphatic heterocycles. The van der Waals surface area contributed by atoms with Gasteiger partial charge in [-0.25, -0.2) is 4.39 Å². The Balaban J connectivity index is 2.92. The molecule has 90 valence electrons. The lowest BCUT2D eigenvalue weighted by Crippen LogP contribution is -2.18. The molecule has 1 unspecified atom stereocenters. The Hall–Kier alpha value is -0.950. The summed E-state index contributed by atoms with van der Waals surface area (Å²) < 4.78 is 52.1. The number of thiol groups is 1. The van der Waals surface area contributed by atoms with Crippen molar-refractivity contribution in [2.75, 3.05) is 5.75 Å². The lowest BCUT2D eigenvalue weighted by Gasteiger charge is -2.12. The van der Waals surface area contributed by atoms with Gasteiger partial charge in [-0.15, -0.1) is 13.2 Å². The van der Waals surface area contributed by atoms with Crippen molar-refractivity contribution in [3.8, 4) is 5.75 Å². The highest BCUT2D eigenvalue weighted by Gasteiger charge is 2.32. The van der Waals surface area contributed by atoms with Crippen molar-refractivity contribution in [2.45, 2.75) is 12.4 Å². The van der Waals surface area contributed by atoms with Crippen LogP contribution in [0, 0.1) is 5.82 Å². The van der Waals surface area contributed by atoms with Crippen LogP contribution in [-0.2, 0) is 0 Å². The monoisotopic (exact) mass is 255 g/mol. The van der Waals surface area contributed by atoms with Gasteiger partial charge >= 0.3 is 6.36 Å². The number of hydrogen-bond acceptors (Lipinski definition) is 3. The van der Waals surface area contributed by atoms with Crippen molar-refractivity contribution in [1.29, 1.82) is 0 Å². The molecule has 7 heteroatoms. The average Bonchev–Trinajstić information content (AvgIpc) is 2.18. The molecule has 1 aromatic rings. The van der Waals surface area contributed by atoms with E-state index >= 15 is 0 Å². The molecular weight excluding hydrogens is 246 g/mol. The van der Waals surface area contributed by atoms with Crippen LogP contribution in [0.5, 0.6) is 5.75 Å². The summed E-state index contributed by atoms with van der Waals surface area (Å²) in [7, 11) is 0. The maximum Gasteiger partial charge on any atom is 0.573 e. The third-order valence-corrected chi connectivity index (χ3v) is 2.20. The van der Waals surface area contributed by atoms with E-state index in [1.807, 2.05) is 0 Å². The molecule has 0 heterocycles. The lowest BCUT2D eigenvalue weighted by atomic mass is 10.1. The second-order valence-electron chi connectivity index (χ2n) is 3.03. The minimum absolute atomic E-state index is 0.263. The first-order valence-corrected chi connectivity index (χ1v) is 4.88. The van der Waals surface area contributed by atoms with Gasteiger partial charge in [0.25, 0.3) is 0 Å². The highest BCUT2D eigenvalue weighted by molar-refractivity contribution is 7.80. The van der Waals surface area contributed by atoms with E-state index < -0.39 is 24.0 Å². The fourth-order valence-electron chi connectivity index (χ4n) is 1.06. The van der Waals surface area contributed by atoms with Gasteiger partial charge in [0.2, 0.25) is 0 Å². The van der Waals surface area contributed by atoms with Crippen molar-refractivity contribution in [3.63, 3.8) is 0 Å². The molecule has 0 saturated carbocycles. The Kier molecular flexibility index (Phi) is 4.03. The molecule has 1 rings (SSSR count). The molecule has 0 aromatic heterocycles. The SMILES string of the molecule is NC(CS)c1ccc(OC(F)(F)F)c(F)c1. The number of ether oxygens (including phenoxy) is 1. The van der Waals surface area contributed by atoms with Crippen LogP contribution in [0.15, 0.2) is 18.2 Å². The number of nitrogens with two attached hydrogens (primary N) is 1. The summed E-state index contributed by atoms with van der Waals surface area (Å²) in [4.78, 5) is 0. The summed E-state index contributed by atoms with van der Waals surface area (Å²) in [5.74, 6) is -1.71. The summed E-state index contributed by atoms with van der Waals surface area (Å²) in [5, 5.41) is 0. The van der Waals surface area contributed by atoms with Crippen molar-refractivity contribution in [3.05, 3.63) is 29.6 Å². The van der Waals surface area contributed by atoms with Gasteiger partial charge < -0.3 is 10.5 Å². The van der Waals surface area contributed by atoms with Gasteiger partial charge in [0.05, 0.1) is 0 Å². The van der Waals surface area contributed by atoms with Gasteiger partial charge in [-0.3, -0.25) is 0 Å². The van der Waals surface area contributed by atoms with Gasteiger partial charge in [0, 0.05) is 11.8 Å². The number of benzene rings is 1. The van der Waals surface area contributed by atoms with E-state index in [1.54, 1.807) is 0 Å². The van der Waals surface area contributed by atoms with Crippen LogP contribution in [0.4, 0.5) is 17.6 Å².